The van der Waals surface area contributed by atoms with Crippen LogP contribution in [-0.4, -0.2) is 19.5 Å². The van der Waals surface area contributed by atoms with Gasteiger partial charge in [-0.25, -0.2) is 19.4 Å². The number of carbonyl (C=O) groups is 2. The summed E-state index contributed by atoms with van der Waals surface area (Å²) in [6.45, 7) is 0. The van der Waals surface area contributed by atoms with Crippen LogP contribution in [0.4, 0.5) is 0 Å². The fourth-order valence-electron chi connectivity index (χ4n) is 0.170. The summed E-state index contributed by atoms with van der Waals surface area (Å²) in [6.07, 6.45) is 0. The van der Waals surface area contributed by atoms with E-state index in [1.165, 1.54) is 0 Å². The summed E-state index contributed by atoms with van der Waals surface area (Å²) >= 11 is 30.3. The molecular formula is C4Cl6O4. The first-order valence-corrected chi connectivity index (χ1v) is 4.88. The van der Waals surface area contributed by atoms with Gasteiger partial charge in [0.1, 0.15) is 0 Å². The van der Waals surface area contributed by atoms with Crippen LogP contribution in [0.5, 0.6) is 0 Å². The van der Waals surface area contributed by atoms with Crippen LogP contribution in [0, 0.1) is 0 Å². The number of carbonyl (C=O) groups excluding carboxylic acids is 2. The van der Waals surface area contributed by atoms with Crippen LogP contribution in [0.2, 0.25) is 0 Å². The minimum atomic E-state index is -2.38. The first-order chi connectivity index (χ1) is 6.05. The van der Waals surface area contributed by atoms with E-state index in [0.717, 1.165) is 0 Å². The lowest BCUT2D eigenvalue weighted by Gasteiger charge is -2.10. The molecule has 0 fully saturated rings. The van der Waals surface area contributed by atoms with Gasteiger partial charge in [-0.1, -0.05) is 69.6 Å². The third-order valence-corrected chi connectivity index (χ3v) is 1.58. The molecular weight excluding hydrogens is 325 g/mol. The van der Waals surface area contributed by atoms with Gasteiger partial charge in [0.15, 0.2) is 0 Å². The normalized spacial score (nSPS) is 12.1. The number of rotatable bonds is 0. The highest BCUT2D eigenvalue weighted by molar-refractivity contribution is 6.76. The van der Waals surface area contributed by atoms with Gasteiger partial charge in [0.2, 0.25) is 0 Å². The first-order valence-electron chi connectivity index (χ1n) is 2.62. The predicted octanol–water partition coefficient (Wildman–Crippen LogP) is 2.73. The van der Waals surface area contributed by atoms with Crippen molar-refractivity contribution in [3.63, 3.8) is 0 Å². The van der Waals surface area contributed by atoms with Crippen LogP contribution < -0.4 is 0 Å². The molecule has 0 spiro atoms. The molecule has 10 heteroatoms. The summed E-state index contributed by atoms with van der Waals surface area (Å²) in [5.41, 5.74) is 0. The molecule has 4 nitrogen and oxygen atoms in total. The van der Waals surface area contributed by atoms with Crippen molar-refractivity contribution in [1.82, 2.24) is 0 Å². The second-order valence-corrected chi connectivity index (χ2v) is 6.30. The average molecular weight is 325 g/mol. The lowest BCUT2D eigenvalue weighted by molar-refractivity contribution is -0.257. The number of hydrogen-bond acceptors (Lipinski definition) is 4. The van der Waals surface area contributed by atoms with E-state index in [2.05, 4.69) is 9.78 Å². The fraction of sp³-hybridized carbons (Fsp3) is 0.500. The van der Waals surface area contributed by atoms with Crippen molar-refractivity contribution in [2.24, 2.45) is 0 Å². The number of alkyl halides is 6. The smallest absolute Gasteiger partial charge is 0.242 e. The predicted molar refractivity (Wildman–Crippen MR) is 52.8 cm³/mol. The van der Waals surface area contributed by atoms with Gasteiger partial charge in [-0.15, -0.1) is 0 Å². The van der Waals surface area contributed by atoms with E-state index >= 15 is 0 Å². The maximum absolute atomic E-state index is 10.7. The Labute approximate surface area is 108 Å². The third-order valence-electron chi connectivity index (χ3n) is 0.656. The van der Waals surface area contributed by atoms with Crippen LogP contribution >= 0.6 is 69.6 Å². The molecule has 0 heterocycles. The molecule has 0 aliphatic rings. The Morgan fingerprint density at radius 2 is 0.929 bits per heavy atom. The van der Waals surface area contributed by atoms with Crippen molar-refractivity contribution in [2.75, 3.05) is 0 Å². The van der Waals surface area contributed by atoms with Crippen LogP contribution in [0.25, 0.3) is 0 Å². The van der Waals surface area contributed by atoms with Gasteiger partial charge in [-0.2, -0.15) is 0 Å². The maximum atomic E-state index is 10.7. The molecule has 0 amide bonds. The monoisotopic (exact) mass is 322 g/mol. The van der Waals surface area contributed by atoms with Crippen LogP contribution in [0.3, 0.4) is 0 Å². The van der Waals surface area contributed by atoms with Gasteiger partial charge >= 0.3 is 11.9 Å². The maximum Gasteiger partial charge on any atom is 0.406 e. The fourth-order valence-corrected chi connectivity index (χ4v) is 0.359. The van der Waals surface area contributed by atoms with Gasteiger partial charge in [-0.05, 0) is 0 Å². The molecule has 0 aromatic rings. The lowest BCUT2D eigenvalue weighted by atomic mass is 10.8. The van der Waals surface area contributed by atoms with E-state index in [-0.39, 0.29) is 0 Å². The Morgan fingerprint density at radius 1 is 0.714 bits per heavy atom. The van der Waals surface area contributed by atoms with E-state index in [1.54, 1.807) is 0 Å². The third kappa shape index (κ3) is 5.53. The first kappa shape index (κ1) is 14.7. The highest BCUT2D eigenvalue weighted by Gasteiger charge is 2.39. The largest absolute Gasteiger partial charge is 0.406 e. The standard InChI is InChI=1S/C4Cl6O4/c5-3(6,7)1(11)13-14-2(12)4(8,9)10. The van der Waals surface area contributed by atoms with Gasteiger partial charge in [0, 0.05) is 0 Å². The zero-order chi connectivity index (χ0) is 11.6. The molecule has 0 radical (unpaired) electrons. The van der Waals surface area contributed by atoms with Crippen molar-refractivity contribution < 1.29 is 19.4 Å². The van der Waals surface area contributed by atoms with Crippen molar-refractivity contribution in [1.29, 1.82) is 0 Å². The molecule has 0 atom stereocenters. The topological polar surface area (TPSA) is 52.6 Å². The van der Waals surface area contributed by atoms with Crippen molar-refractivity contribution in [3.05, 3.63) is 0 Å². The Morgan fingerprint density at radius 3 is 1.07 bits per heavy atom. The summed E-state index contributed by atoms with van der Waals surface area (Å²) in [5.74, 6) is -2.88. The molecule has 0 aliphatic carbocycles. The Hall–Kier alpha value is 0.680. The summed E-state index contributed by atoms with van der Waals surface area (Å²) < 4.78 is -4.76. The highest BCUT2D eigenvalue weighted by atomic mass is 35.6. The highest BCUT2D eigenvalue weighted by Crippen LogP contribution is 2.30. The zero-order valence-electron chi connectivity index (χ0n) is 5.90. The minimum Gasteiger partial charge on any atom is -0.242 e. The van der Waals surface area contributed by atoms with Crippen molar-refractivity contribution >= 4 is 81.5 Å². The Kier molecular flexibility index (Phi) is 5.39. The van der Waals surface area contributed by atoms with Crippen LogP contribution in [0.1, 0.15) is 0 Å². The van der Waals surface area contributed by atoms with Gasteiger partial charge in [0.25, 0.3) is 7.59 Å². The van der Waals surface area contributed by atoms with E-state index in [1.807, 2.05) is 0 Å². The van der Waals surface area contributed by atoms with E-state index in [0.29, 0.717) is 0 Å². The molecule has 0 bridgehead atoms. The molecule has 0 unspecified atom stereocenters. The second-order valence-electron chi connectivity index (χ2n) is 1.74. The second kappa shape index (κ2) is 5.14. The number of halogens is 6. The molecule has 0 aromatic carbocycles. The quantitative estimate of drug-likeness (QED) is 0.390. The Bertz CT molecular complexity index is 213. The van der Waals surface area contributed by atoms with Crippen LogP contribution in [-0.2, 0) is 19.4 Å². The minimum absolute atomic E-state index is 1.44. The molecule has 14 heavy (non-hydrogen) atoms. The molecule has 0 saturated heterocycles. The van der Waals surface area contributed by atoms with Crippen LogP contribution in [0.15, 0.2) is 0 Å². The van der Waals surface area contributed by atoms with Crippen molar-refractivity contribution in [3.8, 4) is 0 Å². The number of hydrogen-bond donors (Lipinski definition) is 0. The molecule has 0 N–H and O–H groups in total. The van der Waals surface area contributed by atoms with Gasteiger partial charge < -0.3 is 0 Å². The van der Waals surface area contributed by atoms with E-state index in [9.17, 15) is 9.59 Å². The zero-order valence-corrected chi connectivity index (χ0v) is 10.4. The molecule has 0 saturated carbocycles. The summed E-state index contributed by atoms with van der Waals surface area (Å²) in [4.78, 5) is 28.9. The van der Waals surface area contributed by atoms with Gasteiger partial charge in [0.05, 0.1) is 0 Å². The van der Waals surface area contributed by atoms with E-state index < -0.39 is 19.5 Å². The summed E-state index contributed by atoms with van der Waals surface area (Å²) in [6, 6.07) is 0. The summed E-state index contributed by atoms with van der Waals surface area (Å²) in [5, 5.41) is 0. The molecule has 82 valence electrons. The van der Waals surface area contributed by atoms with Crippen molar-refractivity contribution in [2.45, 2.75) is 7.59 Å². The summed E-state index contributed by atoms with van der Waals surface area (Å²) in [7, 11) is 0. The molecule has 0 aliphatic heterocycles. The Balaban J connectivity index is 4.10. The SMILES string of the molecule is O=C(OOC(=O)C(Cl)(Cl)Cl)C(Cl)(Cl)Cl. The lowest BCUT2D eigenvalue weighted by Crippen LogP contribution is -2.28. The van der Waals surface area contributed by atoms with E-state index in [4.69, 9.17) is 69.6 Å². The average Bonchev–Trinajstić information content (AvgIpc) is 1.95. The van der Waals surface area contributed by atoms with Gasteiger partial charge in [-0.3, -0.25) is 0 Å². The molecule has 0 rings (SSSR count). The molecule has 0 aromatic heterocycles.